The third-order valence-electron chi connectivity index (χ3n) is 1.58. The Bertz CT molecular complexity index is 414. The summed E-state index contributed by atoms with van der Waals surface area (Å²) in [6.07, 6.45) is 0.169. The molecule has 1 atom stereocenters. The van der Waals surface area contributed by atoms with Gasteiger partial charge in [0.25, 0.3) is 10.0 Å². The Kier molecular flexibility index (Phi) is 4.17. The van der Waals surface area contributed by atoms with E-state index in [0.717, 1.165) is 11.3 Å². The minimum Gasteiger partial charge on any atom is -0.394 e. The zero-order valence-electron chi connectivity index (χ0n) is 8.04. The van der Waals surface area contributed by atoms with Gasteiger partial charge in [0.05, 0.1) is 23.9 Å². The molecule has 3 N–H and O–H groups in total. The topological polar surface area (TPSA) is 99.5 Å². The molecule has 8 heteroatoms. The van der Waals surface area contributed by atoms with Crippen molar-refractivity contribution in [1.82, 2.24) is 9.71 Å². The predicted molar refractivity (Wildman–Crippen MR) is 55.1 cm³/mol. The second kappa shape index (κ2) is 4.99. The Hall–Kier alpha value is -0.540. The SMILES string of the molecule is Cc1ncc(S(=O)(=O)NCC(O)CO)s1. The first-order valence-corrected chi connectivity index (χ1v) is 6.46. The van der Waals surface area contributed by atoms with Crippen molar-refractivity contribution in [3.8, 4) is 0 Å². The number of sulfonamides is 1. The van der Waals surface area contributed by atoms with Gasteiger partial charge < -0.3 is 10.2 Å². The van der Waals surface area contributed by atoms with E-state index < -0.39 is 22.7 Å². The van der Waals surface area contributed by atoms with Crippen LogP contribution in [0.2, 0.25) is 0 Å². The van der Waals surface area contributed by atoms with Crippen molar-refractivity contribution in [2.75, 3.05) is 13.2 Å². The van der Waals surface area contributed by atoms with Crippen LogP contribution in [0.3, 0.4) is 0 Å². The van der Waals surface area contributed by atoms with E-state index in [2.05, 4.69) is 9.71 Å². The quantitative estimate of drug-likeness (QED) is 0.629. The normalized spacial score (nSPS) is 14.1. The Morgan fingerprint density at radius 3 is 2.80 bits per heavy atom. The van der Waals surface area contributed by atoms with Crippen LogP contribution in [0.4, 0.5) is 0 Å². The molecule has 0 aliphatic carbocycles. The third kappa shape index (κ3) is 3.50. The smallest absolute Gasteiger partial charge is 0.251 e. The van der Waals surface area contributed by atoms with E-state index in [9.17, 15) is 8.42 Å². The van der Waals surface area contributed by atoms with E-state index in [-0.39, 0.29) is 10.8 Å². The Morgan fingerprint density at radius 2 is 2.33 bits per heavy atom. The minimum absolute atomic E-state index is 0.102. The number of rotatable bonds is 5. The molecule has 0 aliphatic heterocycles. The van der Waals surface area contributed by atoms with Crippen LogP contribution in [0.25, 0.3) is 0 Å². The molecule has 1 rings (SSSR count). The number of hydrogen-bond acceptors (Lipinski definition) is 6. The van der Waals surface area contributed by atoms with E-state index >= 15 is 0 Å². The van der Waals surface area contributed by atoms with Crippen LogP contribution >= 0.6 is 11.3 Å². The maximum atomic E-state index is 11.5. The maximum Gasteiger partial charge on any atom is 0.251 e. The van der Waals surface area contributed by atoms with E-state index in [1.54, 1.807) is 6.92 Å². The zero-order valence-corrected chi connectivity index (χ0v) is 9.68. The number of nitrogens with one attached hydrogen (secondary N) is 1. The van der Waals surface area contributed by atoms with Crippen LogP contribution in [-0.2, 0) is 10.0 Å². The first kappa shape index (κ1) is 12.5. The summed E-state index contributed by atoms with van der Waals surface area (Å²) in [6.45, 7) is 1.01. The summed E-state index contributed by atoms with van der Waals surface area (Å²) < 4.78 is 25.3. The molecule has 1 unspecified atom stereocenters. The molecule has 0 radical (unpaired) electrons. The molecule has 0 amide bonds. The third-order valence-corrected chi connectivity index (χ3v) is 4.38. The van der Waals surface area contributed by atoms with Gasteiger partial charge in [-0.2, -0.15) is 0 Å². The molecule has 15 heavy (non-hydrogen) atoms. The predicted octanol–water partition coefficient (Wildman–Crippen LogP) is -0.917. The van der Waals surface area contributed by atoms with E-state index in [4.69, 9.17) is 10.2 Å². The highest BCUT2D eigenvalue weighted by Gasteiger charge is 2.17. The lowest BCUT2D eigenvalue weighted by atomic mass is 10.4. The summed E-state index contributed by atoms with van der Waals surface area (Å²) >= 11 is 1.05. The van der Waals surface area contributed by atoms with Gasteiger partial charge in [0, 0.05) is 6.54 Å². The fourth-order valence-electron chi connectivity index (χ4n) is 0.808. The van der Waals surface area contributed by atoms with Crippen LogP contribution in [0.5, 0.6) is 0 Å². The first-order chi connectivity index (χ1) is 6.95. The number of aliphatic hydroxyl groups is 2. The van der Waals surface area contributed by atoms with Gasteiger partial charge in [-0.1, -0.05) is 0 Å². The molecule has 1 heterocycles. The highest BCUT2D eigenvalue weighted by Crippen LogP contribution is 2.17. The van der Waals surface area contributed by atoms with Gasteiger partial charge >= 0.3 is 0 Å². The van der Waals surface area contributed by atoms with Crippen LogP contribution in [0.15, 0.2) is 10.4 Å². The standard InChI is InChI=1S/C7H12N2O4S2/c1-5-8-3-7(14-5)15(12,13)9-2-6(11)4-10/h3,6,9-11H,2,4H2,1H3. The van der Waals surface area contributed by atoms with Crippen LogP contribution in [0, 0.1) is 6.92 Å². The monoisotopic (exact) mass is 252 g/mol. The zero-order chi connectivity index (χ0) is 11.5. The molecular formula is C7H12N2O4S2. The summed E-state index contributed by atoms with van der Waals surface area (Å²) in [6, 6.07) is 0. The highest BCUT2D eigenvalue weighted by molar-refractivity contribution is 7.91. The van der Waals surface area contributed by atoms with Gasteiger partial charge in [-0.15, -0.1) is 11.3 Å². The first-order valence-electron chi connectivity index (χ1n) is 4.16. The van der Waals surface area contributed by atoms with Gasteiger partial charge in [0.1, 0.15) is 0 Å². The van der Waals surface area contributed by atoms with Gasteiger partial charge in [-0.05, 0) is 6.92 Å². The van der Waals surface area contributed by atoms with Crippen LogP contribution in [-0.4, -0.2) is 42.9 Å². The van der Waals surface area contributed by atoms with Gasteiger partial charge in [-0.3, -0.25) is 0 Å². The summed E-state index contributed by atoms with van der Waals surface area (Å²) in [4.78, 5) is 3.82. The minimum atomic E-state index is -3.61. The number of aliphatic hydroxyl groups excluding tert-OH is 2. The molecule has 0 saturated carbocycles. The van der Waals surface area contributed by atoms with Crippen molar-refractivity contribution in [3.63, 3.8) is 0 Å². The van der Waals surface area contributed by atoms with Crippen molar-refractivity contribution < 1.29 is 18.6 Å². The van der Waals surface area contributed by atoms with E-state index in [1.807, 2.05) is 0 Å². The summed E-state index contributed by atoms with van der Waals surface area (Å²) in [5.41, 5.74) is 0. The van der Waals surface area contributed by atoms with Crippen molar-refractivity contribution in [3.05, 3.63) is 11.2 Å². The largest absolute Gasteiger partial charge is 0.394 e. The second-order valence-corrected chi connectivity index (χ2v) is 6.12. The maximum absolute atomic E-state index is 11.5. The lowest BCUT2D eigenvalue weighted by Gasteiger charge is -2.07. The Labute approximate surface area is 91.7 Å². The Balaban J connectivity index is 2.68. The molecule has 1 aromatic heterocycles. The molecule has 0 fully saturated rings. The lowest BCUT2D eigenvalue weighted by molar-refractivity contribution is 0.0988. The molecule has 0 aromatic carbocycles. The fraction of sp³-hybridized carbons (Fsp3) is 0.571. The fourth-order valence-corrected chi connectivity index (χ4v) is 3.03. The number of thiazole rings is 1. The summed E-state index contributed by atoms with van der Waals surface area (Å²) in [5.74, 6) is 0. The molecular weight excluding hydrogens is 240 g/mol. The van der Waals surface area contributed by atoms with Crippen molar-refractivity contribution >= 4 is 21.4 Å². The average Bonchev–Trinajstić information content (AvgIpc) is 2.62. The summed E-state index contributed by atoms with van der Waals surface area (Å²) in [5, 5.41) is 18.1. The molecule has 6 nitrogen and oxygen atoms in total. The molecule has 1 aromatic rings. The molecule has 0 spiro atoms. The number of nitrogens with zero attached hydrogens (tertiary/aromatic N) is 1. The average molecular weight is 252 g/mol. The van der Waals surface area contributed by atoms with E-state index in [0.29, 0.717) is 5.01 Å². The van der Waals surface area contributed by atoms with Gasteiger partial charge in [0.15, 0.2) is 4.21 Å². The van der Waals surface area contributed by atoms with Gasteiger partial charge in [-0.25, -0.2) is 18.1 Å². The number of hydrogen-bond donors (Lipinski definition) is 3. The molecule has 86 valence electrons. The van der Waals surface area contributed by atoms with Crippen molar-refractivity contribution in [2.24, 2.45) is 0 Å². The molecule has 0 saturated heterocycles. The molecule has 0 aliphatic rings. The number of aromatic nitrogens is 1. The highest BCUT2D eigenvalue weighted by atomic mass is 32.2. The lowest BCUT2D eigenvalue weighted by Crippen LogP contribution is -2.33. The van der Waals surface area contributed by atoms with Crippen LogP contribution in [0.1, 0.15) is 5.01 Å². The van der Waals surface area contributed by atoms with Crippen molar-refractivity contribution in [1.29, 1.82) is 0 Å². The van der Waals surface area contributed by atoms with Crippen molar-refractivity contribution in [2.45, 2.75) is 17.2 Å². The molecule has 0 bridgehead atoms. The summed E-state index contributed by atoms with van der Waals surface area (Å²) in [7, 11) is -3.61. The van der Waals surface area contributed by atoms with Gasteiger partial charge in [0.2, 0.25) is 0 Å². The number of aryl methyl sites for hydroxylation is 1. The Morgan fingerprint density at radius 1 is 1.67 bits per heavy atom. The second-order valence-electron chi connectivity index (χ2n) is 2.89. The van der Waals surface area contributed by atoms with Crippen LogP contribution < -0.4 is 4.72 Å². The van der Waals surface area contributed by atoms with E-state index in [1.165, 1.54) is 6.20 Å².